The largest absolute Gasteiger partial charge is 0.496 e. The predicted octanol–water partition coefficient (Wildman–Crippen LogP) is 1.98. The molecule has 19 heavy (non-hydrogen) atoms. The highest BCUT2D eigenvalue weighted by Crippen LogP contribution is 2.19. The lowest BCUT2D eigenvalue weighted by Gasteiger charge is -2.22. The third-order valence-corrected chi connectivity index (χ3v) is 3.32. The van der Waals surface area contributed by atoms with E-state index in [1.807, 2.05) is 32.0 Å². The third kappa shape index (κ3) is 3.96. The Kier molecular flexibility index (Phi) is 5.83. The van der Waals surface area contributed by atoms with E-state index in [9.17, 15) is 4.79 Å². The SMILES string of the molecule is CCC(CO)C(=O)N(C)Cc1ccc(OC)c(C)c1. The molecule has 1 aromatic carbocycles. The van der Waals surface area contributed by atoms with Crippen LogP contribution in [-0.4, -0.2) is 36.7 Å². The molecule has 0 bridgehead atoms. The van der Waals surface area contributed by atoms with Crippen LogP contribution in [0.25, 0.3) is 0 Å². The normalized spacial score (nSPS) is 12.1. The minimum atomic E-state index is -0.302. The van der Waals surface area contributed by atoms with Crippen molar-refractivity contribution in [3.8, 4) is 5.75 Å². The standard InChI is InChI=1S/C15H23NO3/c1-5-13(10-17)15(18)16(3)9-12-6-7-14(19-4)11(2)8-12/h6-8,13,17H,5,9-10H2,1-4H3. The summed E-state index contributed by atoms with van der Waals surface area (Å²) >= 11 is 0. The Hall–Kier alpha value is -1.55. The van der Waals surface area contributed by atoms with Crippen molar-refractivity contribution in [2.24, 2.45) is 5.92 Å². The van der Waals surface area contributed by atoms with Crippen LogP contribution in [0.5, 0.6) is 5.75 Å². The summed E-state index contributed by atoms with van der Waals surface area (Å²) in [6.45, 7) is 4.33. The van der Waals surface area contributed by atoms with Gasteiger partial charge in [0.25, 0.3) is 0 Å². The number of hydrogen-bond donors (Lipinski definition) is 1. The van der Waals surface area contributed by atoms with E-state index in [1.165, 1.54) is 0 Å². The fourth-order valence-corrected chi connectivity index (χ4v) is 2.08. The van der Waals surface area contributed by atoms with Gasteiger partial charge >= 0.3 is 0 Å². The van der Waals surface area contributed by atoms with E-state index in [-0.39, 0.29) is 18.4 Å². The van der Waals surface area contributed by atoms with Crippen molar-refractivity contribution < 1.29 is 14.6 Å². The van der Waals surface area contributed by atoms with Crippen LogP contribution in [0.2, 0.25) is 0 Å². The zero-order chi connectivity index (χ0) is 14.4. The molecule has 0 saturated carbocycles. The zero-order valence-corrected chi connectivity index (χ0v) is 12.1. The van der Waals surface area contributed by atoms with Crippen molar-refractivity contribution in [3.05, 3.63) is 29.3 Å². The molecule has 0 aromatic heterocycles. The fourth-order valence-electron chi connectivity index (χ4n) is 2.08. The summed E-state index contributed by atoms with van der Waals surface area (Å²) in [4.78, 5) is 13.7. The molecular formula is C15H23NO3. The first-order chi connectivity index (χ1) is 9.03. The van der Waals surface area contributed by atoms with Gasteiger partial charge in [0.2, 0.25) is 5.91 Å². The highest BCUT2D eigenvalue weighted by molar-refractivity contribution is 5.78. The van der Waals surface area contributed by atoms with Crippen LogP contribution in [0.15, 0.2) is 18.2 Å². The molecule has 106 valence electrons. The van der Waals surface area contributed by atoms with Crippen molar-refractivity contribution in [3.63, 3.8) is 0 Å². The van der Waals surface area contributed by atoms with Crippen LogP contribution in [0.4, 0.5) is 0 Å². The molecule has 4 heteroatoms. The number of rotatable bonds is 6. The number of benzene rings is 1. The van der Waals surface area contributed by atoms with E-state index >= 15 is 0 Å². The maximum absolute atomic E-state index is 12.1. The first-order valence-electron chi connectivity index (χ1n) is 6.52. The number of ether oxygens (including phenoxy) is 1. The van der Waals surface area contributed by atoms with Gasteiger partial charge in [-0.15, -0.1) is 0 Å². The molecule has 0 aliphatic heterocycles. The summed E-state index contributed by atoms with van der Waals surface area (Å²) in [5.74, 6) is 0.530. The Morgan fingerprint density at radius 1 is 1.47 bits per heavy atom. The second-order valence-corrected chi connectivity index (χ2v) is 4.79. The van der Waals surface area contributed by atoms with Gasteiger partial charge in [-0.2, -0.15) is 0 Å². The highest BCUT2D eigenvalue weighted by atomic mass is 16.5. The third-order valence-electron chi connectivity index (χ3n) is 3.32. The predicted molar refractivity (Wildman–Crippen MR) is 75.1 cm³/mol. The molecule has 0 saturated heterocycles. The van der Waals surface area contributed by atoms with Gasteiger partial charge in [-0.05, 0) is 30.5 Å². The van der Waals surface area contributed by atoms with Crippen LogP contribution in [-0.2, 0) is 11.3 Å². The molecule has 1 atom stereocenters. The molecule has 0 fully saturated rings. The van der Waals surface area contributed by atoms with Crippen molar-refractivity contribution in [1.29, 1.82) is 0 Å². The molecule has 1 aromatic rings. The Bertz CT molecular complexity index is 427. The number of aliphatic hydroxyl groups excluding tert-OH is 1. The molecule has 4 nitrogen and oxygen atoms in total. The van der Waals surface area contributed by atoms with Crippen LogP contribution in [0.1, 0.15) is 24.5 Å². The summed E-state index contributed by atoms with van der Waals surface area (Å²) in [5.41, 5.74) is 2.11. The second-order valence-electron chi connectivity index (χ2n) is 4.79. The molecule has 1 rings (SSSR count). The van der Waals surface area contributed by atoms with Gasteiger partial charge in [0.1, 0.15) is 5.75 Å². The summed E-state index contributed by atoms with van der Waals surface area (Å²) in [5, 5.41) is 9.16. The Balaban J connectivity index is 2.74. The minimum absolute atomic E-state index is 0.0153. The van der Waals surface area contributed by atoms with Gasteiger partial charge in [-0.25, -0.2) is 0 Å². The first-order valence-corrected chi connectivity index (χ1v) is 6.52. The summed E-state index contributed by atoms with van der Waals surface area (Å²) in [7, 11) is 3.41. The molecular weight excluding hydrogens is 242 g/mol. The lowest BCUT2D eigenvalue weighted by molar-refractivity contribution is -0.136. The smallest absolute Gasteiger partial charge is 0.228 e. The van der Waals surface area contributed by atoms with E-state index in [4.69, 9.17) is 9.84 Å². The maximum Gasteiger partial charge on any atom is 0.228 e. The van der Waals surface area contributed by atoms with Gasteiger partial charge in [0.05, 0.1) is 19.6 Å². The van der Waals surface area contributed by atoms with E-state index < -0.39 is 0 Å². The van der Waals surface area contributed by atoms with Gasteiger partial charge in [0.15, 0.2) is 0 Å². The number of methoxy groups -OCH3 is 1. The number of nitrogens with zero attached hydrogens (tertiary/aromatic N) is 1. The van der Waals surface area contributed by atoms with Crippen LogP contribution < -0.4 is 4.74 Å². The van der Waals surface area contributed by atoms with Crippen molar-refractivity contribution >= 4 is 5.91 Å². The van der Waals surface area contributed by atoms with Crippen LogP contribution >= 0.6 is 0 Å². The van der Waals surface area contributed by atoms with Crippen molar-refractivity contribution in [2.75, 3.05) is 20.8 Å². The van der Waals surface area contributed by atoms with Crippen LogP contribution in [0, 0.1) is 12.8 Å². The molecule has 0 aliphatic carbocycles. The molecule has 0 spiro atoms. The topological polar surface area (TPSA) is 49.8 Å². The zero-order valence-electron chi connectivity index (χ0n) is 12.1. The van der Waals surface area contributed by atoms with E-state index in [0.29, 0.717) is 13.0 Å². The molecule has 1 amide bonds. The number of aryl methyl sites for hydroxylation is 1. The van der Waals surface area contributed by atoms with E-state index in [2.05, 4.69) is 0 Å². The van der Waals surface area contributed by atoms with Crippen molar-refractivity contribution in [2.45, 2.75) is 26.8 Å². The monoisotopic (exact) mass is 265 g/mol. The average molecular weight is 265 g/mol. The number of aliphatic hydroxyl groups is 1. The molecule has 1 N–H and O–H groups in total. The maximum atomic E-state index is 12.1. The molecule has 1 unspecified atom stereocenters. The minimum Gasteiger partial charge on any atom is -0.496 e. The summed E-state index contributed by atoms with van der Waals surface area (Å²) in [6.07, 6.45) is 0.654. The van der Waals surface area contributed by atoms with Crippen LogP contribution in [0.3, 0.4) is 0 Å². The van der Waals surface area contributed by atoms with Crippen molar-refractivity contribution in [1.82, 2.24) is 4.90 Å². The van der Waals surface area contributed by atoms with Gasteiger partial charge in [0, 0.05) is 13.6 Å². The second kappa shape index (κ2) is 7.14. The van der Waals surface area contributed by atoms with E-state index in [0.717, 1.165) is 16.9 Å². The molecule has 0 heterocycles. The Morgan fingerprint density at radius 2 is 2.16 bits per heavy atom. The quantitative estimate of drug-likeness (QED) is 0.855. The number of carbonyl (C=O) groups is 1. The fraction of sp³-hybridized carbons (Fsp3) is 0.533. The highest BCUT2D eigenvalue weighted by Gasteiger charge is 2.19. The lowest BCUT2D eigenvalue weighted by atomic mass is 10.1. The van der Waals surface area contributed by atoms with E-state index in [1.54, 1.807) is 19.1 Å². The summed E-state index contributed by atoms with van der Waals surface area (Å²) < 4.78 is 5.21. The number of carbonyl (C=O) groups excluding carboxylic acids is 1. The van der Waals surface area contributed by atoms with Gasteiger partial charge < -0.3 is 14.7 Å². The Labute approximate surface area is 115 Å². The first kappa shape index (κ1) is 15.5. The molecule has 0 radical (unpaired) electrons. The molecule has 0 aliphatic rings. The number of amides is 1. The lowest BCUT2D eigenvalue weighted by Crippen LogP contribution is -2.34. The summed E-state index contributed by atoms with van der Waals surface area (Å²) in [6, 6.07) is 5.88. The Morgan fingerprint density at radius 3 is 2.63 bits per heavy atom. The number of hydrogen-bond acceptors (Lipinski definition) is 3. The van der Waals surface area contributed by atoms with Gasteiger partial charge in [-0.3, -0.25) is 4.79 Å². The van der Waals surface area contributed by atoms with Gasteiger partial charge in [-0.1, -0.05) is 19.1 Å². The average Bonchev–Trinajstić information content (AvgIpc) is 2.40.